The van der Waals surface area contributed by atoms with Gasteiger partial charge in [0.2, 0.25) is 0 Å². The highest BCUT2D eigenvalue weighted by molar-refractivity contribution is 4.84. The van der Waals surface area contributed by atoms with Crippen LogP contribution in [0.1, 0.15) is 12.8 Å². The summed E-state index contributed by atoms with van der Waals surface area (Å²) in [4.78, 5) is 2.36. The van der Waals surface area contributed by atoms with Crippen LogP contribution in [0.4, 0.5) is 0 Å². The molecule has 1 N–H and O–H groups in total. The SMILES string of the molecule is C=CCN(CC=C)C[C@H]1CCCN1. The van der Waals surface area contributed by atoms with Gasteiger partial charge in [-0.25, -0.2) is 0 Å². The van der Waals surface area contributed by atoms with E-state index in [0.29, 0.717) is 6.04 Å². The van der Waals surface area contributed by atoms with Crippen molar-refractivity contribution >= 4 is 0 Å². The molecule has 0 aliphatic carbocycles. The van der Waals surface area contributed by atoms with Crippen molar-refractivity contribution in [2.75, 3.05) is 26.2 Å². The van der Waals surface area contributed by atoms with Crippen molar-refractivity contribution in [2.45, 2.75) is 18.9 Å². The highest BCUT2D eigenvalue weighted by Crippen LogP contribution is 2.06. The molecule has 0 aromatic heterocycles. The van der Waals surface area contributed by atoms with Crippen LogP contribution in [0.2, 0.25) is 0 Å². The van der Waals surface area contributed by atoms with Crippen molar-refractivity contribution < 1.29 is 0 Å². The van der Waals surface area contributed by atoms with Gasteiger partial charge in [0, 0.05) is 25.7 Å². The molecule has 2 heteroatoms. The molecule has 0 radical (unpaired) electrons. The van der Waals surface area contributed by atoms with Gasteiger partial charge in [0.1, 0.15) is 0 Å². The summed E-state index contributed by atoms with van der Waals surface area (Å²) in [5.74, 6) is 0. The highest BCUT2D eigenvalue weighted by atomic mass is 15.1. The zero-order chi connectivity index (χ0) is 9.52. The third kappa shape index (κ3) is 3.75. The average molecular weight is 180 g/mol. The van der Waals surface area contributed by atoms with Gasteiger partial charge >= 0.3 is 0 Å². The number of hydrogen-bond donors (Lipinski definition) is 1. The largest absolute Gasteiger partial charge is 0.313 e. The van der Waals surface area contributed by atoms with E-state index in [1.165, 1.54) is 19.4 Å². The maximum Gasteiger partial charge on any atom is 0.0195 e. The minimum atomic E-state index is 0.680. The van der Waals surface area contributed by atoms with Gasteiger partial charge in [0.25, 0.3) is 0 Å². The van der Waals surface area contributed by atoms with Crippen LogP contribution in [0.5, 0.6) is 0 Å². The van der Waals surface area contributed by atoms with E-state index in [-0.39, 0.29) is 0 Å². The minimum Gasteiger partial charge on any atom is -0.313 e. The van der Waals surface area contributed by atoms with E-state index < -0.39 is 0 Å². The summed E-state index contributed by atoms with van der Waals surface area (Å²) in [5, 5.41) is 3.49. The summed E-state index contributed by atoms with van der Waals surface area (Å²) in [7, 11) is 0. The molecule has 1 aliphatic heterocycles. The molecule has 13 heavy (non-hydrogen) atoms. The molecule has 1 fully saturated rings. The molecule has 0 bridgehead atoms. The van der Waals surface area contributed by atoms with Crippen LogP contribution in [0.3, 0.4) is 0 Å². The Labute approximate surface area is 81.3 Å². The van der Waals surface area contributed by atoms with Crippen molar-refractivity contribution in [2.24, 2.45) is 0 Å². The number of nitrogens with zero attached hydrogens (tertiary/aromatic N) is 1. The summed E-state index contributed by atoms with van der Waals surface area (Å²) in [6.45, 7) is 11.8. The molecular formula is C11H20N2. The van der Waals surface area contributed by atoms with Crippen LogP contribution in [0, 0.1) is 0 Å². The van der Waals surface area contributed by atoms with E-state index in [0.717, 1.165) is 19.6 Å². The Hall–Kier alpha value is -0.600. The fraction of sp³-hybridized carbons (Fsp3) is 0.636. The predicted molar refractivity (Wildman–Crippen MR) is 57.9 cm³/mol. The summed E-state index contributed by atoms with van der Waals surface area (Å²) >= 11 is 0. The van der Waals surface area contributed by atoms with E-state index >= 15 is 0 Å². The summed E-state index contributed by atoms with van der Waals surface area (Å²) < 4.78 is 0. The van der Waals surface area contributed by atoms with Crippen LogP contribution in [0.15, 0.2) is 25.3 Å². The summed E-state index contributed by atoms with van der Waals surface area (Å²) in [6, 6.07) is 0.680. The van der Waals surface area contributed by atoms with Crippen LogP contribution in [0.25, 0.3) is 0 Å². The Morgan fingerprint density at radius 1 is 1.31 bits per heavy atom. The second kappa shape index (κ2) is 5.95. The fourth-order valence-electron chi connectivity index (χ4n) is 1.81. The van der Waals surface area contributed by atoms with Crippen molar-refractivity contribution in [3.63, 3.8) is 0 Å². The molecule has 2 nitrogen and oxygen atoms in total. The summed E-state index contributed by atoms with van der Waals surface area (Å²) in [6.07, 6.45) is 6.54. The van der Waals surface area contributed by atoms with Crippen molar-refractivity contribution in [3.8, 4) is 0 Å². The lowest BCUT2D eigenvalue weighted by Gasteiger charge is -2.22. The van der Waals surface area contributed by atoms with Gasteiger partial charge in [-0.2, -0.15) is 0 Å². The van der Waals surface area contributed by atoms with Gasteiger partial charge in [0.15, 0.2) is 0 Å². The Balaban J connectivity index is 2.26. The lowest BCUT2D eigenvalue weighted by molar-refractivity contribution is 0.300. The molecular weight excluding hydrogens is 160 g/mol. The molecule has 1 rings (SSSR count). The molecule has 1 atom stereocenters. The van der Waals surface area contributed by atoms with Gasteiger partial charge in [0.05, 0.1) is 0 Å². The van der Waals surface area contributed by atoms with E-state index in [1.807, 2.05) is 12.2 Å². The van der Waals surface area contributed by atoms with Gasteiger partial charge in [-0.1, -0.05) is 12.2 Å². The van der Waals surface area contributed by atoms with Crippen LogP contribution < -0.4 is 5.32 Å². The number of hydrogen-bond acceptors (Lipinski definition) is 2. The third-order valence-electron chi connectivity index (χ3n) is 2.42. The lowest BCUT2D eigenvalue weighted by atomic mass is 10.2. The van der Waals surface area contributed by atoms with Gasteiger partial charge in [-0.05, 0) is 19.4 Å². The monoisotopic (exact) mass is 180 g/mol. The van der Waals surface area contributed by atoms with Crippen LogP contribution in [-0.4, -0.2) is 37.1 Å². The number of rotatable bonds is 6. The molecule has 0 saturated carbocycles. The average Bonchev–Trinajstić information content (AvgIpc) is 2.58. The van der Waals surface area contributed by atoms with E-state index in [2.05, 4.69) is 23.4 Å². The molecule has 1 saturated heterocycles. The molecule has 0 spiro atoms. The Bertz CT molecular complexity index is 149. The molecule has 0 aromatic rings. The van der Waals surface area contributed by atoms with Crippen molar-refractivity contribution in [3.05, 3.63) is 25.3 Å². The van der Waals surface area contributed by atoms with E-state index in [9.17, 15) is 0 Å². The zero-order valence-electron chi connectivity index (χ0n) is 8.34. The second-order valence-electron chi connectivity index (χ2n) is 3.59. The van der Waals surface area contributed by atoms with E-state index in [1.54, 1.807) is 0 Å². The first-order chi connectivity index (χ1) is 6.36. The molecule has 0 amide bonds. The molecule has 74 valence electrons. The first-order valence-corrected chi connectivity index (χ1v) is 5.04. The first-order valence-electron chi connectivity index (χ1n) is 5.04. The predicted octanol–water partition coefficient (Wildman–Crippen LogP) is 1.41. The molecule has 0 aromatic carbocycles. The van der Waals surface area contributed by atoms with Crippen molar-refractivity contribution in [1.82, 2.24) is 10.2 Å². The highest BCUT2D eigenvalue weighted by Gasteiger charge is 2.16. The van der Waals surface area contributed by atoms with Gasteiger partial charge < -0.3 is 5.32 Å². The second-order valence-corrected chi connectivity index (χ2v) is 3.59. The quantitative estimate of drug-likeness (QED) is 0.622. The Kier molecular flexibility index (Phi) is 4.79. The number of nitrogens with one attached hydrogen (secondary N) is 1. The topological polar surface area (TPSA) is 15.3 Å². The molecule has 0 unspecified atom stereocenters. The van der Waals surface area contributed by atoms with Crippen LogP contribution in [-0.2, 0) is 0 Å². The minimum absolute atomic E-state index is 0.680. The smallest absolute Gasteiger partial charge is 0.0195 e. The zero-order valence-corrected chi connectivity index (χ0v) is 8.34. The van der Waals surface area contributed by atoms with E-state index in [4.69, 9.17) is 0 Å². The molecule has 1 aliphatic rings. The first kappa shape index (κ1) is 10.5. The maximum absolute atomic E-state index is 3.76. The Morgan fingerprint density at radius 2 is 2.00 bits per heavy atom. The lowest BCUT2D eigenvalue weighted by Crippen LogP contribution is -2.37. The Morgan fingerprint density at radius 3 is 2.46 bits per heavy atom. The molecule has 1 heterocycles. The maximum atomic E-state index is 3.76. The van der Waals surface area contributed by atoms with Gasteiger partial charge in [-0.15, -0.1) is 13.2 Å². The fourth-order valence-corrected chi connectivity index (χ4v) is 1.81. The van der Waals surface area contributed by atoms with Gasteiger partial charge in [-0.3, -0.25) is 4.90 Å². The third-order valence-corrected chi connectivity index (χ3v) is 2.42. The normalized spacial score (nSPS) is 22.1. The summed E-state index contributed by atoms with van der Waals surface area (Å²) in [5.41, 5.74) is 0. The van der Waals surface area contributed by atoms with Crippen LogP contribution >= 0.6 is 0 Å². The standard InChI is InChI=1S/C11H20N2/c1-3-8-13(9-4-2)10-11-6-5-7-12-11/h3-4,11-12H,1-2,5-10H2/t11-/m1/s1. The van der Waals surface area contributed by atoms with Crippen molar-refractivity contribution in [1.29, 1.82) is 0 Å².